The van der Waals surface area contributed by atoms with Crippen LogP contribution in [0.15, 0.2) is 18.2 Å². The molecule has 1 N–H and O–H groups in total. The molecule has 3 heteroatoms. The predicted molar refractivity (Wildman–Crippen MR) is 67.2 cm³/mol. The molecule has 1 aliphatic heterocycles. The van der Waals surface area contributed by atoms with Crippen LogP contribution in [0.4, 0.5) is 5.69 Å². The Balaban J connectivity index is 0.00000128. The molecule has 0 atom stereocenters. The molecule has 0 saturated carbocycles. The van der Waals surface area contributed by atoms with Crippen LogP contribution in [0.1, 0.15) is 28.2 Å². The predicted octanol–water partition coefficient (Wildman–Crippen LogP) is 3.51. The molecule has 0 radical (unpaired) electrons. The average Bonchev–Trinajstić information content (AvgIpc) is 2.60. The van der Waals surface area contributed by atoms with Crippen molar-refractivity contribution in [2.24, 2.45) is 5.41 Å². The maximum absolute atomic E-state index is 5.31. The molecular weight excluding hydrogens is 202 g/mol. The summed E-state index contributed by atoms with van der Waals surface area (Å²) in [5.74, 6) is 1.66. The molecule has 90 valence electrons. The van der Waals surface area contributed by atoms with Gasteiger partial charge in [0.2, 0.25) is 6.79 Å². The smallest absolute Gasteiger partial charge is 0.231 e. The Labute approximate surface area is 97.8 Å². The van der Waals surface area contributed by atoms with Gasteiger partial charge >= 0.3 is 0 Å². The second-order valence-corrected chi connectivity index (χ2v) is 4.98. The third kappa shape index (κ3) is 3.05. The molecular formula is C13H21NO2. The molecule has 1 aromatic carbocycles. The van der Waals surface area contributed by atoms with Crippen LogP contribution >= 0.6 is 0 Å². The lowest BCUT2D eigenvalue weighted by atomic mass is 9.97. The van der Waals surface area contributed by atoms with Crippen molar-refractivity contribution in [1.82, 2.24) is 0 Å². The van der Waals surface area contributed by atoms with Gasteiger partial charge < -0.3 is 14.8 Å². The third-order valence-corrected chi connectivity index (χ3v) is 2.20. The minimum Gasteiger partial charge on any atom is -0.454 e. The minimum atomic E-state index is 0. The first kappa shape index (κ1) is 12.7. The summed E-state index contributed by atoms with van der Waals surface area (Å²) in [5, 5.41) is 3.38. The molecule has 0 saturated heterocycles. The Hall–Kier alpha value is -1.38. The Morgan fingerprint density at radius 3 is 2.56 bits per heavy atom. The van der Waals surface area contributed by atoms with Gasteiger partial charge in [-0.3, -0.25) is 0 Å². The molecule has 0 unspecified atom stereocenters. The van der Waals surface area contributed by atoms with Gasteiger partial charge in [-0.25, -0.2) is 0 Å². The number of ether oxygens (including phenoxy) is 2. The van der Waals surface area contributed by atoms with E-state index in [9.17, 15) is 0 Å². The Bertz CT molecular complexity index is 355. The highest BCUT2D eigenvalue weighted by molar-refractivity contribution is 5.55. The fourth-order valence-electron chi connectivity index (χ4n) is 1.37. The van der Waals surface area contributed by atoms with Crippen molar-refractivity contribution in [3.8, 4) is 11.5 Å². The molecule has 0 aromatic heterocycles. The van der Waals surface area contributed by atoms with E-state index in [1.54, 1.807) is 0 Å². The fraction of sp³-hybridized carbons (Fsp3) is 0.538. The zero-order valence-corrected chi connectivity index (χ0v) is 9.46. The van der Waals surface area contributed by atoms with Crippen molar-refractivity contribution in [3.05, 3.63) is 18.2 Å². The molecule has 1 heterocycles. The average molecular weight is 223 g/mol. The molecule has 0 bridgehead atoms. The molecule has 3 nitrogen and oxygen atoms in total. The summed E-state index contributed by atoms with van der Waals surface area (Å²) in [6, 6.07) is 5.93. The minimum absolute atomic E-state index is 0. The molecule has 0 spiro atoms. The van der Waals surface area contributed by atoms with Gasteiger partial charge in [-0.15, -0.1) is 0 Å². The summed E-state index contributed by atoms with van der Waals surface area (Å²) >= 11 is 0. The topological polar surface area (TPSA) is 30.5 Å². The fourth-order valence-corrected chi connectivity index (χ4v) is 1.37. The molecule has 0 amide bonds. The summed E-state index contributed by atoms with van der Waals surface area (Å²) in [6.45, 7) is 7.87. The summed E-state index contributed by atoms with van der Waals surface area (Å²) in [5.41, 5.74) is 1.35. The first-order valence-corrected chi connectivity index (χ1v) is 5.18. The first-order chi connectivity index (χ1) is 7.04. The van der Waals surface area contributed by atoms with Gasteiger partial charge in [0.1, 0.15) is 0 Å². The highest BCUT2D eigenvalue weighted by Crippen LogP contribution is 2.34. The first-order valence-electron chi connectivity index (χ1n) is 5.18. The highest BCUT2D eigenvalue weighted by Gasteiger charge is 2.14. The van der Waals surface area contributed by atoms with Gasteiger partial charge in [-0.1, -0.05) is 28.2 Å². The van der Waals surface area contributed by atoms with Crippen molar-refractivity contribution in [2.45, 2.75) is 28.2 Å². The number of hydrogen-bond donors (Lipinski definition) is 1. The van der Waals surface area contributed by atoms with E-state index in [4.69, 9.17) is 9.47 Å². The Morgan fingerprint density at radius 1 is 1.19 bits per heavy atom. The maximum atomic E-state index is 5.31. The van der Waals surface area contributed by atoms with Gasteiger partial charge in [0.15, 0.2) is 11.5 Å². The molecule has 0 aliphatic carbocycles. The molecule has 2 rings (SSSR count). The lowest BCUT2D eigenvalue weighted by Gasteiger charge is -2.19. The van der Waals surface area contributed by atoms with E-state index < -0.39 is 0 Å². The van der Waals surface area contributed by atoms with Gasteiger partial charge in [-0.05, 0) is 17.5 Å². The van der Waals surface area contributed by atoms with E-state index in [1.807, 2.05) is 18.2 Å². The molecule has 16 heavy (non-hydrogen) atoms. The summed E-state index contributed by atoms with van der Waals surface area (Å²) < 4.78 is 10.6. The van der Waals surface area contributed by atoms with Crippen LogP contribution in [0.2, 0.25) is 0 Å². The van der Waals surface area contributed by atoms with Crippen molar-refractivity contribution < 1.29 is 9.47 Å². The van der Waals surface area contributed by atoms with Gasteiger partial charge in [0, 0.05) is 18.3 Å². The van der Waals surface area contributed by atoms with Gasteiger partial charge in [0.25, 0.3) is 0 Å². The number of rotatable bonds is 2. The number of benzene rings is 1. The van der Waals surface area contributed by atoms with Crippen LogP contribution in [0.25, 0.3) is 0 Å². The van der Waals surface area contributed by atoms with Crippen LogP contribution in [-0.4, -0.2) is 13.3 Å². The molecule has 0 fully saturated rings. The van der Waals surface area contributed by atoms with E-state index in [1.165, 1.54) is 0 Å². The Morgan fingerprint density at radius 2 is 1.88 bits per heavy atom. The van der Waals surface area contributed by atoms with E-state index in [0.29, 0.717) is 6.79 Å². The summed E-state index contributed by atoms with van der Waals surface area (Å²) in [4.78, 5) is 0. The summed E-state index contributed by atoms with van der Waals surface area (Å²) in [6.07, 6.45) is 0. The van der Waals surface area contributed by atoms with E-state index >= 15 is 0 Å². The maximum Gasteiger partial charge on any atom is 0.231 e. The van der Waals surface area contributed by atoms with Crippen LogP contribution in [0.5, 0.6) is 11.5 Å². The number of fused-ring (bicyclic) bond motifs is 1. The lowest BCUT2D eigenvalue weighted by molar-refractivity contribution is 0.174. The van der Waals surface area contributed by atoms with Gasteiger partial charge in [0.05, 0.1) is 0 Å². The second kappa shape index (κ2) is 4.64. The van der Waals surface area contributed by atoms with Crippen molar-refractivity contribution in [3.63, 3.8) is 0 Å². The second-order valence-electron chi connectivity index (χ2n) is 4.98. The lowest BCUT2D eigenvalue weighted by Crippen LogP contribution is -2.18. The van der Waals surface area contributed by atoms with Crippen molar-refractivity contribution in [1.29, 1.82) is 0 Å². The normalized spacial score (nSPS) is 13.2. The van der Waals surface area contributed by atoms with E-state index in [2.05, 4.69) is 26.1 Å². The highest BCUT2D eigenvalue weighted by atomic mass is 16.7. The molecule has 1 aromatic rings. The zero-order valence-electron chi connectivity index (χ0n) is 9.46. The quantitative estimate of drug-likeness (QED) is 0.832. The standard InChI is InChI=1S/C12H17NO2.CH4/c1-12(2,3)7-13-9-4-5-10-11(6-9)15-8-14-10;/h4-6,13H,7-8H2,1-3H3;1H4. The van der Waals surface area contributed by atoms with Crippen LogP contribution in [0.3, 0.4) is 0 Å². The van der Waals surface area contributed by atoms with Crippen LogP contribution in [0, 0.1) is 5.41 Å². The Kier molecular flexibility index (Phi) is 3.68. The number of nitrogens with one attached hydrogen (secondary N) is 1. The van der Waals surface area contributed by atoms with Crippen molar-refractivity contribution >= 4 is 5.69 Å². The largest absolute Gasteiger partial charge is 0.454 e. The van der Waals surface area contributed by atoms with E-state index in [0.717, 1.165) is 23.7 Å². The van der Waals surface area contributed by atoms with Crippen LogP contribution < -0.4 is 14.8 Å². The SMILES string of the molecule is C.CC(C)(C)CNc1ccc2c(c1)OCO2. The summed E-state index contributed by atoms with van der Waals surface area (Å²) in [7, 11) is 0. The zero-order chi connectivity index (χ0) is 10.9. The number of hydrogen-bond acceptors (Lipinski definition) is 3. The monoisotopic (exact) mass is 223 g/mol. The van der Waals surface area contributed by atoms with Crippen molar-refractivity contribution in [2.75, 3.05) is 18.7 Å². The van der Waals surface area contributed by atoms with Gasteiger partial charge in [-0.2, -0.15) is 0 Å². The molecule has 1 aliphatic rings. The van der Waals surface area contributed by atoms with Crippen LogP contribution in [-0.2, 0) is 0 Å². The van der Waals surface area contributed by atoms with E-state index in [-0.39, 0.29) is 12.8 Å². The third-order valence-electron chi connectivity index (χ3n) is 2.20. The number of anilines is 1.